The Hall–Kier alpha value is -3.15. The number of carbonyl (C=O) groups excluding carboxylic acids is 1. The highest BCUT2D eigenvalue weighted by atomic mass is 16.2. The quantitative estimate of drug-likeness (QED) is 0.717. The molecule has 1 aliphatic rings. The molecule has 0 aliphatic carbocycles. The molecule has 0 saturated carbocycles. The molecule has 6 nitrogen and oxygen atoms in total. The van der Waals surface area contributed by atoms with Crippen LogP contribution in [0.4, 0.5) is 0 Å². The molecule has 1 fully saturated rings. The van der Waals surface area contributed by atoms with E-state index in [1.54, 1.807) is 25.5 Å². The summed E-state index contributed by atoms with van der Waals surface area (Å²) < 4.78 is 0. The molecule has 0 spiro atoms. The van der Waals surface area contributed by atoms with Crippen LogP contribution in [-0.2, 0) is 4.79 Å². The molecule has 27 heavy (non-hydrogen) atoms. The predicted molar refractivity (Wildman–Crippen MR) is 103 cm³/mol. The van der Waals surface area contributed by atoms with Crippen LogP contribution in [0.15, 0.2) is 55.1 Å². The molecule has 0 radical (unpaired) electrons. The van der Waals surface area contributed by atoms with Crippen molar-refractivity contribution in [3.8, 4) is 22.6 Å². The Morgan fingerprint density at radius 2 is 1.96 bits per heavy atom. The second kappa shape index (κ2) is 7.61. The predicted octanol–water partition coefficient (Wildman–Crippen LogP) is 3.33. The van der Waals surface area contributed by atoms with Crippen LogP contribution in [0.25, 0.3) is 22.6 Å². The minimum atomic E-state index is 0.115. The lowest BCUT2D eigenvalue weighted by Crippen LogP contribution is -2.38. The van der Waals surface area contributed by atoms with Gasteiger partial charge >= 0.3 is 0 Å². The third-order valence-corrected chi connectivity index (χ3v) is 4.96. The van der Waals surface area contributed by atoms with Gasteiger partial charge in [-0.25, -0.2) is 9.97 Å². The number of amides is 1. The number of nitrogens with zero attached hydrogens (tertiary/aromatic N) is 5. The molecule has 1 atom stereocenters. The summed E-state index contributed by atoms with van der Waals surface area (Å²) in [6.07, 6.45) is 9.13. The summed E-state index contributed by atoms with van der Waals surface area (Å²) >= 11 is 0. The first-order valence-corrected chi connectivity index (χ1v) is 9.16. The largest absolute Gasteiger partial charge is 0.342 e. The number of hydrogen-bond donors (Lipinski definition) is 0. The maximum atomic E-state index is 11.9. The average Bonchev–Trinajstić information content (AvgIpc) is 2.74. The highest BCUT2D eigenvalue weighted by molar-refractivity contribution is 5.73. The van der Waals surface area contributed by atoms with E-state index < -0.39 is 0 Å². The highest BCUT2D eigenvalue weighted by Crippen LogP contribution is 2.33. The first kappa shape index (κ1) is 17.3. The molecule has 136 valence electrons. The van der Waals surface area contributed by atoms with E-state index in [1.165, 1.54) is 0 Å². The maximum absolute atomic E-state index is 11.9. The molecule has 0 aromatic carbocycles. The van der Waals surface area contributed by atoms with Gasteiger partial charge in [0, 0.05) is 56.3 Å². The van der Waals surface area contributed by atoms with Crippen LogP contribution in [0, 0.1) is 0 Å². The molecule has 3 aromatic rings. The molecular formula is C21H21N5O. The Morgan fingerprint density at radius 1 is 1.11 bits per heavy atom. The fourth-order valence-corrected chi connectivity index (χ4v) is 3.56. The SMILES string of the molecule is CC(=O)N1CCC[C@H](c2nc(-c3ccccn3)ncc2-c2ccncc2)C1. The Bertz CT molecular complexity index is 930. The van der Waals surface area contributed by atoms with Gasteiger partial charge in [0.15, 0.2) is 5.82 Å². The molecule has 0 N–H and O–H groups in total. The number of likely N-dealkylation sites (tertiary alicyclic amines) is 1. The van der Waals surface area contributed by atoms with Crippen molar-refractivity contribution in [2.75, 3.05) is 13.1 Å². The van der Waals surface area contributed by atoms with E-state index in [9.17, 15) is 4.79 Å². The Balaban J connectivity index is 1.79. The number of rotatable bonds is 3. The summed E-state index contributed by atoms with van der Waals surface area (Å²) in [4.78, 5) is 31.8. The van der Waals surface area contributed by atoms with E-state index in [-0.39, 0.29) is 11.8 Å². The van der Waals surface area contributed by atoms with Crippen molar-refractivity contribution in [2.45, 2.75) is 25.7 Å². The molecule has 1 amide bonds. The molecule has 1 saturated heterocycles. The van der Waals surface area contributed by atoms with E-state index >= 15 is 0 Å². The number of aromatic nitrogens is 4. The van der Waals surface area contributed by atoms with E-state index in [1.807, 2.05) is 41.4 Å². The van der Waals surface area contributed by atoms with Gasteiger partial charge in [0.2, 0.25) is 5.91 Å². The number of carbonyl (C=O) groups is 1. The lowest BCUT2D eigenvalue weighted by Gasteiger charge is -2.32. The first-order valence-electron chi connectivity index (χ1n) is 9.16. The van der Waals surface area contributed by atoms with E-state index in [0.717, 1.165) is 41.9 Å². The normalized spacial score (nSPS) is 16.9. The fraction of sp³-hybridized carbons (Fsp3) is 0.286. The van der Waals surface area contributed by atoms with Crippen LogP contribution in [0.2, 0.25) is 0 Å². The van der Waals surface area contributed by atoms with E-state index in [0.29, 0.717) is 12.4 Å². The van der Waals surface area contributed by atoms with Gasteiger partial charge in [-0.15, -0.1) is 0 Å². The molecular weight excluding hydrogens is 338 g/mol. The average molecular weight is 359 g/mol. The smallest absolute Gasteiger partial charge is 0.219 e. The van der Waals surface area contributed by atoms with Crippen LogP contribution < -0.4 is 0 Å². The zero-order chi connectivity index (χ0) is 18.6. The fourth-order valence-electron chi connectivity index (χ4n) is 3.56. The second-order valence-corrected chi connectivity index (χ2v) is 6.75. The molecule has 1 aliphatic heterocycles. The highest BCUT2D eigenvalue weighted by Gasteiger charge is 2.27. The minimum absolute atomic E-state index is 0.115. The van der Waals surface area contributed by atoms with Gasteiger partial charge in [-0.1, -0.05) is 6.07 Å². The maximum Gasteiger partial charge on any atom is 0.219 e. The Kier molecular flexibility index (Phi) is 4.87. The molecule has 4 rings (SSSR count). The Labute approximate surface area is 158 Å². The Morgan fingerprint density at radius 3 is 2.70 bits per heavy atom. The van der Waals surface area contributed by atoms with Crippen molar-refractivity contribution in [1.82, 2.24) is 24.8 Å². The summed E-state index contributed by atoms with van der Waals surface area (Å²) in [5, 5.41) is 0. The lowest BCUT2D eigenvalue weighted by atomic mass is 9.90. The summed E-state index contributed by atoms with van der Waals surface area (Å²) in [5.41, 5.74) is 3.75. The van der Waals surface area contributed by atoms with Crippen LogP contribution >= 0.6 is 0 Å². The monoisotopic (exact) mass is 359 g/mol. The van der Waals surface area contributed by atoms with Crippen LogP contribution in [0.3, 0.4) is 0 Å². The van der Waals surface area contributed by atoms with Gasteiger partial charge in [0.25, 0.3) is 0 Å². The molecule has 6 heteroatoms. The van der Waals surface area contributed by atoms with Crippen molar-refractivity contribution >= 4 is 5.91 Å². The van der Waals surface area contributed by atoms with Gasteiger partial charge in [0.05, 0.1) is 5.69 Å². The van der Waals surface area contributed by atoms with E-state index in [4.69, 9.17) is 4.98 Å². The molecule has 0 bridgehead atoms. The van der Waals surface area contributed by atoms with Crippen LogP contribution in [0.5, 0.6) is 0 Å². The summed E-state index contributed by atoms with van der Waals surface area (Å²) in [5.74, 6) is 0.906. The van der Waals surface area contributed by atoms with E-state index in [2.05, 4.69) is 15.0 Å². The molecule has 3 aromatic heterocycles. The minimum Gasteiger partial charge on any atom is -0.342 e. The van der Waals surface area contributed by atoms with Crippen molar-refractivity contribution in [2.24, 2.45) is 0 Å². The van der Waals surface area contributed by atoms with Crippen molar-refractivity contribution < 1.29 is 4.79 Å². The zero-order valence-electron chi connectivity index (χ0n) is 15.2. The number of hydrogen-bond acceptors (Lipinski definition) is 5. The van der Waals surface area contributed by atoms with Crippen molar-refractivity contribution in [3.63, 3.8) is 0 Å². The lowest BCUT2D eigenvalue weighted by molar-refractivity contribution is -0.130. The summed E-state index contributed by atoms with van der Waals surface area (Å²) in [7, 11) is 0. The number of pyridine rings is 2. The summed E-state index contributed by atoms with van der Waals surface area (Å²) in [6.45, 7) is 3.13. The second-order valence-electron chi connectivity index (χ2n) is 6.75. The van der Waals surface area contributed by atoms with Crippen LogP contribution in [0.1, 0.15) is 31.4 Å². The molecule has 4 heterocycles. The van der Waals surface area contributed by atoms with Crippen molar-refractivity contribution in [1.29, 1.82) is 0 Å². The van der Waals surface area contributed by atoms with Crippen molar-refractivity contribution in [3.05, 3.63) is 60.8 Å². The van der Waals surface area contributed by atoms with Gasteiger partial charge in [0.1, 0.15) is 5.69 Å². The first-order chi connectivity index (χ1) is 13.2. The van der Waals surface area contributed by atoms with Gasteiger partial charge in [-0.3, -0.25) is 14.8 Å². The third-order valence-electron chi connectivity index (χ3n) is 4.96. The standard InChI is InChI=1S/C21H21N5O/c1-15(27)26-12-4-5-17(14-26)20-18(16-7-10-22-11-8-16)13-24-21(25-20)19-6-2-3-9-23-19/h2-3,6-11,13,17H,4-5,12,14H2,1H3/t17-/m0/s1. The van der Waals surface area contributed by atoms with Crippen LogP contribution in [-0.4, -0.2) is 43.8 Å². The topological polar surface area (TPSA) is 71.9 Å². The number of piperidine rings is 1. The van der Waals surface area contributed by atoms with Gasteiger partial charge in [-0.2, -0.15) is 0 Å². The third kappa shape index (κ3) is 3.69. The summed E-state index contributed by atoms with van der Waals surface area (Å²) in [6, 6.07) is 9.65. The van der Waals surface area contributed by atoms with Gasteiger partial charge < -0.3 is 4.90 Å². The van der Waals surface area contributed by atoms with Gasteiger partial charge in [-0.05, 0) is 42.7 Å². The molecule has 0 unspecified atom stereocenters. The zero-order valence-corrected chi connectivity index (χ0v) is 15.2.